The smallest absolute Gasteiger partial charge is 0.227 e. The molecule has 2 aromatic heterocycles. The second-order valence-electron chi connectivity index (χ2n) is 9.79. The van der Waals surface area contributed by atoms with E-state index in [1.165, 1.54) is 46.9 Å². The summed E-state index contributed by atoms with van der Waals surface area (Å²) in [6, 6.07) is 10.6. The summed E-state index contributed by atoms with van der Waals surface area (Å²) in [6.07, 6.45) is 6.77. The molecule has 2 aliphatic heterocycles. The monoisotopic (exact) mass is 475 g/mol. The lowest BCUT2D eigenvalue weighted by molar-refractivity contribution is 0.255. The number of likely N-dealkylation sites (tertiary alicyclic amines) is 1. The van der Waals surface area contributed by atoms with Gasteiger partial charge in [-0.05, 0) is 76.2 Å². The van der Waals surface area contributed by atoms with Gasteiger partial charge in [0.25, 0.3) is 0 Å². The number of nitrogens with zero attached hydrogens (tertiary/aromatic N) is 5. The summed E-state index contributed by atoms with van der Waals surface area (Å²) in [4.78, 5) is 20.7. The van der Waals surface area contributed by atoms with Gasteiger partial charge in [-0.25, -0.2) is 15.0 Å². The number of piperazine rings is 1. The minimum absolute atomic E-state index is 0.584. The number of piperidine rings is 1. The molecule has 1 saturated carbocycles. The summed E-state index contributed by atoms with van der Waals surface area (Å²) in [5.74, 6) is 1.83. The van der Waals surface area contributed by atoms with E-state index in [2.05, 4.69) is 56.7 Å². The zero-order valence-electron chi connectivity index (χ0n) is 19.8. The molecule has 0 spiro atoms. The molecule has 0 radical (unpaired) electrons. The lowest BCUT2D eigenvalue weighted by atomic mass is 9.98. The average molecular weight is 476 g/mol. The summed E-state index contributed by atoms with van der Waals surface area (Å²) >= 11 is 1.86. The highest BCUT2D eigenvalue weighted by molar-refractivity contribution is 7.15. The van der Waals surface area contributed by atoms with Crippen molar-refractivity contribution in [3.05, 3.63) is 47.2 Å². The number of hydrogen-bond acceptors (Lipinski definition) is 8. The van der Waals surface area contributed by atoms with Gasteiger partial charge in [-0.3, -0.25) is 0 Å². The van der Waals surface area contributed by atoms with Crippen LogP contribution in [-0.2, 0) is 0 Å². The third-order valence-electron chi connectivity index (χ3n) is 7.20. The van der Waals surface area contributed by atoms with E-state index in [0.29, 0.717) is 17.8 Å². The zero-order valence-corrected chi connectivity index (χ0v) is 20.7. The molecule has 34 heavy (non-hydrogen) atoms. The van der Waals surface area contributed by atoms with Gasteiger partial charge in [-0.1, -0.05) is 0 Å². The Bertz CT molecular complexity index is 1110. The molecule has 1 aliphatic carbocycles. The molecule has 178 valence electrons. The number of aromatic nitrogens is 3. The van der Waals surface area contributed by atoms with Crippen LogP contribution in [0.2, 0.25) is 0 Å². The van der Waals surface area contributed by atoms with E-state index in [0.717, 1.165) is 50.6 Å². The van der Waals surface area contributed by atoms with E-state index in [1.54, 1.807) is 0 Å². The van der Waals surface area contributed by atoms with Crippen LogP contribution < -0.4 is 15.5 Å². The molecule has 0 amide bonds. The predicted molar refractivity (Wildman–Crippen MR) is 139 cm³/mol. The molecule has 0 bridgehead atoms. The van der Waals surface area contributed by atoms with Crippen LogP contribution in [0.1, 0.15) is 48.2 Å². The van der Waals surface area contributed by atoms with E-state index in [-0.39, 0.29) is 0 Å². The summed E-state index contributed by atoms with van der Waals surface area (Å²) in [5.41, 5.74) is 4.54. The van der Waals surface area contributed by atoms with Crippen LogP contribution in [0.4, 0.5) is 17.3 Å². The fourth-order valence-corrected chi connectivity index (χ4v) is 6.24. The Kier molecular flexibility index (Phi) is 6.20. The number of benzene rings is 1. The summed E-state index contributed by atoms with van der Waals surface area (Å²) in [6.45, 7) is 6.51. The van der Waals surface area contributed by atoms with Gasteiger partial charge in [-0.2, -0.15) is 0 Å². The van der Waals surface area contributed by atoms with Crippen LogP contribution in [0, 0.1) is 0 Å². The molecule has 4 heterocycles. The number of anilines is 3. The van der Waals surface area contributed by atoms with E-state index < -0.39 is 0 Å². The molecule has 8 heteroatoms. The molecule has 0 atom stereocenters. The van der Waals surface area contributed by atoms with Gasteiger partial charge in [0.2, 0.25) is 5.95 Å². The normalized spacial score (nSPS) is 20.0. The highest BCUT2D eigenvalue weighted by atomic mass is 32.1. The first-order chi connectivity index (χ1) is 16.7. The molecular weight excluding hydrogens is 442 g/mol. The molecule has 1 aromatic carbocycles. The maximum atomic E-state index is 5.18. The Hall–Kier alpha value is -2.55. The van der Waals surface area contributed by atoms with Crippen molar-refractivity contribution < 1.29 is 0 Å². The van der Waals surface area contributed by atoms with Crippen molar-refractivity contribution in [3.63, 3.8) is 0 Å². The molecule has 3 aromatic rings. The van der Waals surface area contributed by atoms with Gasteiger partial charge in [0.15, 0.2) is 0 Å². The Morgan fingerprint density at radius 3 is 2.41 bits per heavy atom. The maximum absolute atomic E-state index is 5.18. The number of thiazole rings is 1. The fraction of sp³-hybridized carbons (Fsp3) is 0.500. The van der Waals surface area contributed by atoms with Crippen LogP contribution in [0.5, 0.6) is 0 Å². The van der Waals surface area contributed by atoms with Crippen LogP contribution in [0.25, 0.3) is 10.6 Å². The molecule has 0 unspecified atom stereocenters. The minimum atomic E-state index is 0.584. The van der Waals surface area contributed by atoms with Gasteiger partial charge in [0.1, 0.15) is 0 Å². The van der Waals surface area contributed by atoms with Crippen LogP contribution >= 0.6 is 11.3 Å². The lowest BCUT2D eigenvalue weighted by Gasteiger charge is -2.29. The van der Waals surface area contributed by atoms with Crippen LogP contribution in [-0.4, -0.2) is 66.2 Å². The molecule has 2 N–H and O–H groups in total. The third-order valence-corrected chi connectivity index (χ3v) is 8.45. The molecule has 3 fully saturated rings. The Morgan fingerprint density at radius 2 is 1.68 bits per heavy atom. The SMILES string of the molecule is CN1CCC(c2nc(C3CC3)c(-c3ccnc(Nc4ccc(N5CCNCC5)cc4)n3)s2)CC1. The Labute approximate surface area is 205 Å². The largest absolute Gasteiger partial charge is 0.369 e. The van der Waals surface area contributed by atoms with Crippen molar-refractivity contribution in [2.24, 2.45) is 0 Å². The second-order valence-corrected chi connectivity index (χ2v) is 10.8. The first kappa shape index (κ1) is 21.9. The summed E-state index contributed by atoms with van der Waals surface area (Å²) < 4.78 is 0. The van der Waals surface area contributed by atoms with Crippen molar-refractivity contribution in [2.45, 2.75) is 37.5 Å². The first-order valence-corrected chi connectivity index (χ1v) is 13.4. The van der Waals surface area contributed by atoms with Crippen LogP contribution in [0.15, 0.2) is 36.5 Å². The summed E-state index contributed by atoms with van der Waals surface area (Å²) in [7, 11) is 2.22. The topological polar surface area (TPSA) is 69.2 Å². The second kappa shape index (κ2) is 9.60. The molecule has 3 aliphatic rings. The average Bonchev–Trinajstić information content (AvgIpc) is 3.64. The number of nitrogens with one attached hydrogen (secondary N) is 2. The maximum Gasteiger partial charge on any atom is 0.227 e. The van der Waals surface area contributed by atoms with Crippen molar-refractivity contribution in [2.75, 3.05) is 56.5 Å². The van der Waals surface area contributed by atoms with E-state index in [4.69, 9.17) is 9.97 Å². The Balaban J connectivity index is 1.21. The van der Waals surface area contributed by atoms with E-state index in [1.807, 2.05) is 23.6 Å². The molecular formula is C26H33N7S. The van der Waals surface area contributed by atoms with Gasteiger partial charge >= 0.3 is 0 Å². The highest BCUT2D eigenvalue weighted by Gasteiger charge is 2.32. The fourth-order valence-electron chi connectivity index (χ4n) is 4.95. The highest BCUT2D eigenvalue weighted by Crippen LogP contribution is 2.47. The van der Waals surface area contributed by atoms with E-state index in [9.17, 15) is 0 Å². The van der Waals surface area contributed by atoms with Crippen molar-refractivity contribution in [1.29, 1.82) is 0 Å². The first-order valence-electron chi connectivity index (χ1n) is 12.6. The molecule has 6 rings (SSSR count). The van der Waals surface area contributed by atoms with Crippen LogP contribution in [0.3, 0.4) is 0 Å². The van der Waals surface area contributed by atoms with E-state index >= 15 is 0 Å². The number of hydrogen-bond donors (Lipinski definition) is 2. The standard InChI is InChI=1S/C26H33N7S/c1-32-14-9-19(10-15-32)25-31-23(18-2-3-18)24(34-25)22-8-11-28-26(30-22)29-20-4-6-21(7-5-20)33-16-12-27-13-17-33/h4-8,11,18-19,27H,2-3,9-10,12-17H2,1H3,(H,28,29,30). The van der Waals surface area contributed by atoms with Gasteiger partial charge < -0.3 is 20.4 Å². The van der Waals surface area contributed by atoms with Gasteiger partial charge in [0.05, 0.1) is 21.3 Å². The number of rotatable bonds is 6. The quantitative estimate of drug-likeness (QED) is 0.546. The lowest BCUT2D eigenvalue weighted by Crippen LogP contribution is -2.43. The third kappa shape index (κ3) is 4.80. The molecule has 7 nitrogen and oxygen atoms in total. The van der Waals surface area contributed by atoms with Gasteiger partial charge in [0, 0.05) is 55.6 Å². The Morgan fingerprint density at radius 1 is 0.912 bits per heavy atom. The summed E-state index contributed by atoms with van der Waals surface area (Å²) in [5, 5.41) is 8.12. The van der Waals surface area contributed by atoms with Crippen molar-refractivity contribution in [3.8, 4) is 10.6 Å². The van der Waals surface area contributed by atoms with Gasteiger partial charge in [-0.15, -0.1) is 11.3 Å². The van der Waals surface area contributed by atoms with Crippen molar-refractivity contribution in [1.82, 2.24) is 25.2 Å². The zero-order chi connectivity index (χ0) is 22.9. The van der Waals surface area contributed by atoms with Crippen molar-refractivity contribution >= 4 is 28.7 Å². The minimum Gasteiger partial charge on any atom is -0.369 e. The predicted octanol–water partition coefficient (Wildman–Crippen LogP) is 4.44. The molecule has 2 saturated heterocycles.